The van der Waals surface area contributed by atoms with Crippen LogP contribution in [-0.2, 0) is 6.54 Å². The van der Waals surface area contributed by atoms with Crippen LogP contribution in [0.15, 0.2) is 47.5 Å². The minimum atomic E-state index is -1.27. The second-order valence-corrected chi connectivity index (χ2v) is 8.18. The maximum Gasteiger partial charge on any atom is 0.341 e. The number of thiocarbonyl (C=S) groups is 1. The fourth-order valence-electron chi connectivity index (χ4n) is 3.84. The Morgan fingerprint density at radius 3 is 2.45 bits per heavy atom. The van der Waals surface area contributed by atoms with Crippen molar-refractivity contribution >= 4 is 45.9 Å². The van der Waals surface area contributed by atoms with Crippen molar-refractivity contribution in [2.45, 2.75) is 19.9 Å². The molecule has 3 heterocycles. The van der Waals surface area contributed by atoms with Gasteiger partial charge in [-0.1, -0.05) is 42.5 Å². The SMILES string of the molecule is CCn1cc(C(=O)O)c(=O)c2cnc(N3CCN(C(=S)CC(=O)c4ccccc4)CC3)nc21. The lowest BCUT2D eigenvalue weighted by Gasteiger charge is -2.36. The van der Waals surface area contributed by atoms with Gasteiger partial charge in [0.1, 0.15) is 11.2 Å². The Kier molecular flexibility index (Phi) is 6.45. The van der Waals surface area contributed by atoms with Gasteiger partial charge >= 0.3 is 5.97 Å². The summed E-state index contributed by atoms with van der Waals surface area (Å²) in [5.41, 5.74) is 0.167. The Balaban J connectivity index is 1.47. The van der Waals surface area contributed by atoms with Crippen LogP contribution in [0.25, 0.3) is 11.0 Å². The van der Waals surface area contributed by atoms with E-state index >= 15 is 0 Å². The minimum Gasteiger partial charge on any atom is -0.477 e. The molecule has 1 aromatic carbocycles. The Morgan fingerprint density at radius 2 is 1.82 bits per heavy atom. The molecule has 0 atom stereocenters. The molecule has 1 fully saturated rings. The van der Waals surface area contributed by atoms with Crippen LogP contribution in [-0.4, -0.2) is 67.5 Å². The highest BCUT2D eigenvalue weighted by Crippen LogP contribution is 2.17. The van der Waals surface area contributed by atoms with Crippen molar-refractivity contribution in [1.82, 2.24) is 19.4 Å². The van der Waals surface area contributed by atoms with Crippen LogP contribution in [0.4, 0.5) is 5.95 Å². The van der Waals surface area contributed by atoms with Gasteiger partial charge < -0.3 is 19.5 Å². The number of hydrogen-bond donors (Lipinski definition) is 1. The smallest absolute Gasteiger partial charge is 0.341 e. The van der Waals surface area contributed by atoms with Gasteiger partial charge in [-0.3, -0.25) is 9.59 Å². The zero-order valence-corrected chi connectivity index (χ0v) is 18.9. The zero-order valence-electron chi connectivity index (χ0n) is 18.1. The van der Waals surface area contributed by atoms with Crippen molar-refractivity contribution in [3.05, 3.63) is 64.1 Å². The number of hydrogen-bond acceptors (Lipinski definition) is 7. The van der Waals surface area contributed by atoms with Crippen LogP contribution in [0.3, 0.4) is 0 Å². The molecule has 0 radical (unpaired) electrons. The topological polar surface area (TPSA) is 109 Å². The summed E-state index contributed by atoms with van der Waals surface area (Å²) >= 11 is 5.52. The van der Waals surface area contributed by atoms with Crippen LogP contribution in [0.2, 0.25) is 0 Å². The van der Waals surface area contributed by atoms with Gasteiger partial charge in [0, 0.05) is 50.7 Å². The zero-order chi connectivity index (χ0) is 23.5. The fraction of sp³-hybridized carbons (Fsp3) is 0.304. The average Bonchev–Trinajstić information content (AvgIpc) is 2.84. The van der Waals surface area contributed by atoms with Crippen LogP contribution in [0, 0.1) is 0 Å². The number of carbonyl (C=O) groups excluding carboxylic acids is 1. The number of anilines is 1. The summed E-state index contributed by atoms with van der Waals surface area (Å²) in [6.45, 7) is 4.78. The van der Waals surface area contributed by atoms with Crippen molar-refractivity contribution < 1.29 is 14.7 Å². The number of carboxylic acid groups (broad SMARTS) is 1. The molecule has 0 saturated carbocycles. The van der Waals surface area contributed by atoms with Crippen molar-refractivity contribution in [1.29, 1.82) is 0 Å². The van der Waals surface area contributed by atoms with Crippen LogP contribution < -0.4 is 10.3 Å². The summed E-state index contributed by atoms with van der Waals surface area (Å²) in [6.07, 6.45) is 2.92. The van der Waals surface area contributed by atoms with Gasteiger partial charge in [-0.15, -0.1) is 0 Å². The second-order valence-electron chi connectivity index (χ2n) is 7.70. The first kappa shape index (κ1) is 22.5. The largest absolute Gasteiger partial charge is 0.477 e. The highest BCUT2D eigenvalue weighted by atomic mass is 32.1. The normalized spacial score (nSPS) is 13.8. The maximum atomic E-state index is 12.5. The number of carbonyl (C=O) groups is 2. The molecule has 0 amide bonds. The Morgan fingerprint density at radius 1 is 1.12 bits per heavy atom. The molecular formula is C23H23N5O4S. The van der Waals surface area contributed by atoms with E-state index in [-0.39, 0.29) is 23.2 Å². The number of benzene rings is 1. The molecule has 3 aromatic rings. The third-order valence-corrected chi connectivity index (χ3v) is 6.10. The van der Waals surface area contributed by atoms with Crippen LogP contribution in [0.1, 0.15) is 34.1 Å². The van der Waals surface area contributed by atoms with E-state index in [0.29, 0.717) is 54.9 Å². The number of Topliss-reactive ketones (excluding diaryl/α,β-unsaturated/α-hetero) is 1. The third kappa shape index (κ3) is 4.61. The highest BCUT2D eigenvalue weighted by molar-refractivity contribution is 7.80. The molecule has 0 spiro atoms. The molecule has 1 N–H and O–H groups in total. The number of fused-ring (bicyclic) bond motifs is 1. The molecule has 170 valence electrons. The molecule has 0 aliphatic carbocycles. The van der Waals surface area contributed by atoms with Gasteiger partial charge in [0.25, 0.3) is 0 Å². The molecule has 1 aliphatic heterocycles. The van der Waals surface area contributed by atoms with Gasteiger partial charge in [-0.25, -0.2) is 9.78 Å². The second kappa shape index (κ2) is 9.45. The van der Waals surface area contributed by atoms with E-state index in [1.165, 1.54) is 12.4 Å². The van der Waals surface area contributed by atoms with Gasteiger partial charge in [-0.2, -0.15) is 4.98 Å². The number of piperazine rings is 1. The van der Waals surface area contributed by atoms with Crippen LogP contribution in [0.5, 0.6) is 0 Å². The Bertz CT molecular complexity index is 1280. The molecule has 33 heavy (non-hydrogen) atoms. The molecule has 10 heteroatoms. The van der Waals surface area contributed by atoms with Crippen molar-refractivity contribution in [3.63, 3.8) is 0 Å². The van der Waals surface area contributed by atoms with E-state index in [1.807, 2.05) is 34.9 Å². The van der Waals surface area contributed by atoms with E-state index in [4.69, 9.17) is 12.2 Å². The van der Waals surface area contributed by atoms with E-state index in [1.54, 1.807) is 16.7 Å². The van der Waals surface area contributed by atoms with Gasteiger partial charge in [0.2, 0.25) is 11.4 Å². The number of aromatic nitrogens is 3. The van der Waals surface area contributed by atoms with Crippen molar-refractivity contribution in [2.75, 3.05) is 31.1 Å². The van der Waals surface area contributed by atoms with Crippen LogP contribution >= 0.6 is 12.2 Å². The summed E-state index contributed by atoms with van der Waals surface area (Å²) in [6, 6.07) is 9.11. The van der Waals surface area contributed by atoms with E-state index < -0.39 is 11.4 Å². The molecule has 1 saturated heterocycles. The monoisotopic (exact) mass is 465 g/mol. The number of rotatable bonds is 6. The molecule has 0 bridgehead atoms. The lowest BCUT2D eigenvalue weighted by atomic mass is 10.1. The predicted octanol–water partition coefficient (Wildman–Crippen LogP) is 2.23. The lowest BCUT2D eigenvalue weighted by molar-refractivity contribution is 0.0694. The van der Waals surface area contributed by atoms with Crippen molar-refractivity contribution in [3.8, 4) is 0 Å². The standard InChI is InChI=1S/C23H23N5O4S/c1-2-26-14-17(22(31)32)20(30)16-13-24-23(25-21(16)26)28-10-8-27(9-11-28)19(33)12-18(29)15-6-4-3-5-7-15/h3-7,13-14H,2,8-12H2,1H3,(H,31,32). The number of aryl methyl sites for hydroxylation is 1. The molecule has 2 aromatic heterocycles. The molecule has 0 unspecified atom stereocenters. The first-order valence-electron chi connectivity index (χ1n) is 10.6. The Hall–Kier alpha value is -3.66. The Labute approximate surface area is 195 Å². The first-order valence-corrected chi connectivity index (χ1v) is 11.0. The van der Waals surface area contributed by atoms with Gasteiger partial charge in [0.15, 0.2) is 5.78 Å². The fourth-order valence-corrected chi connectivity index (χ4v) is 4.15. The number of pyridine rings is 1. The third-order valence-electron chi connectivity index (χ3n) is 5.70. The van der Waals surface area contributed by atoms with E-state index in [9.17, 15) is 19.5 Å². The quantitative estimate of drug-likeness (QED) is 0.433. The lowest BCUT2D eigenvalue weighted by Crippen LogP contribution is -2.49. The molecule has 9 nitrogen and oxygen atoms in total. The molecule has 4 rings (SSSR count). The first-order chi connectivity index (χ1) is 15.9. The average molecular weight is 466 g/mol. The van der Waals surface area contributed by atoms with Crippen molar-refractivity contribution in [2.24, 2.45) is 0 Å². The molecule has 1 aliphatic rings. The number of ketones is 1. The van der Waals surface area contributed by atoms with E-state index in [2.05, 4.69) is 9.97 Å². The van der Waals surface area contributed by atoms with Gasteiger partial charge in [-0.05, 0) is 6.92 Å². The number of aromatic carboxylic acids is 1. The number of carboxylic acids is 1. The summed E-state index contributed by atoms with van der Waals surface area (Å²) < 4.78 is 1.64. The van der Waals surface area contributed by atoms with Gasteiger partial charge in [0.05, 0.1) is 16.8 Å². The minimum absolute atomic E-state index is 0.000778. The highest BCUT2D eigenvalue weighted by Gasteiger charge is 2.23. The summed E-state index contributed by atoms with van der Waals surface area (Å²) in [4.78, 5) is 49.9. The summed E-state index contributed by atoms with van der Waals surface area (Å²) in [5.74, 6) is -0.803. The van der Waals surface area contributed by atoms with E-state index in [0.717, 1.165) is 0 Å². The summed E-state index contributed by atoms with van der Waals surface area (Å²) in [7, 11) is 0. The summed E-state index contributed by atoms with van der Waals surface area (Å²) in [5, 5.41) is 9.47. The maximum absolute atomic E-state index is 12.5. The number of nitrogens with zero attached hydrogens (tertiary/aromatic N) is 5. The predicted molar refractivity (Wildman–Crippen MR) is 128 cm³/mol. The molecular weight excluding hydrogens is 442 g/mol.